The van der Waals surface area contributed by atoms with Crippen molar-refractivity contribution in [2.45, 2.75) is 39.7 Å². The molecule has 1 aromatic carbocycles. The highest BCUT2D eigenvalue weighted by molar-refractivity contribution is 5.95. The Balaban J connectivity index is 1.40. The van der Waals surface area contributed by atoms with E-state index in [0.29, 0.717) is 36.2 Å². The zero-order valence-corrected chi connectivity index (χ0v) is 18.2. The van der Waals surface area contributed by atoms with Gasteiger partial charge >= 0.3 is 0 Å². The predicted octanol–water partition coefficient (Wildman–Crippen LogP) is 3.78. The molecule has 0 saturated heterocycles. The van der Waals surface area contributed by atoms with Crippen molar-refractivity contribution < 1.29 is 9.32 Å². The van der Waals surface area contributed by atoms with Gasteiger partial charge in [0.2, 0.25) is 0 Å². The van der Waals surface area contributed by atoms with Gasteiger partial charge in [-0.05, 0) is 43.0 Å². The normalized spacial score (nSPS) is 13.2. The van der Waals surface area contributed by atoms with Gasteiger partial charge in [0.25, 0.3) is 11.8 Å². The average Bonchev–Trinajstić information content (AvgIpc) is 3.45. The van der Waals surface area contributed by atoms with E-state index in [9.17, 15) is 4.79 Å². The van der Waals surface area contributed by atoms with Gasteiger partial charge in [0, 0.05) is 31.3 Å². The molecular formula is C24H24N6O2. The van der Waals surface area contributed by atoms with E-state index in [1.165, 1.54) is 11.1 Å². The summed E-state index contributed by atoms with van der Waals surface area (Å²) in [6.07, 6.45) is 5.89. The third-order valence-corrected chi connectivity index (χ3v) is 5.81. The van der Waals surface area contributed by atoms with Gasteiger partial charge in [-0.15, -0.1) is 0 Å². The fraction of sp³-hybridized carbons (Fsp3) is 0.292. The van der Waals surface area contributed by atoms with Gasteiger partial charge in [0.05, 0.1) is 17.5 Å². The second kappa shape index (κ2) is 8.37. The molecule has 1 amide bonds. The molecule has 0 aliphatic carbocycles. The van der Waals surface area contributed by atoms with E-state index in [-0.39, 0.29) is 5.91 Å². The van der Waals surface area contributed by atoms with Crippen LogP contribution in [0.5, 0.6) is 0 Å². The van der Waals surface area contributed by atoms with Crippen LogP contribution in [0.15, 0.2) is 53.3 Å². The van der Waals surface area contributed by atoms with E-state index in [1.807, 2.05) is 36.1 Å². The van der Waals surface area contributed by atoms with Crippen LogP contribution in [-0.4, -0.2) is 42.3 Å². The number of rotatable bonds is 5. The van der Waals surface area contributed by atoms with E-state index in [0.717, 1.165) is 30.5 Å². The number of amides is 1. The number of fused-ring (bicyclic) bond motifs is 1. The molecule has 162 valence electrons. The molecule has 4 heterocycles. The highest BCUT2D eigenvalue weighted by atomic mass is 16.5. The Labute approximate surface area is 185 Å². The third kappa shape index (κ3) is 3.68. The smallest absolute Gasteiger partial charge is 0.258 e. The number of carbonyl (C=O) groups excluding carboxylic acids is 1. The number of aryl methyl sites for hydroxylation is 1. The van der Waals surface area contributed by atoms with Gasteiger partial charge < -0.3 is 9.42 Å². The quantitative estimate of drug-likeness (QED) is 0.481. The van der Waals surface area contributed by atoms with E-state index in [1.54, 1.807) is 17.1 Å². The van der Waals surface area contributed by atoms with Crippen molar-refractivity contribution in [2.75, 3.05) is 6.54 Å². The van der Waals surface area contributed by atoms with Crippen molar-refractivity contribution in [1.82, 2.24) is 29.8 Å². The van der Waals surface area contributed by atoms with Gasteiger partial charge in [-0.1, -0.05) is 36.3 Å². The van der Waals surface area contributed by atoms with E-state index in [2.05, 4.69) is 39.3 Å². The topological polar surface area (TPSA) is 89.9 Å². The number of benzene rings is 1. The largest absolute Gasteiger partial charge is 0.334 e. The van der Waals surface area contributed by atoms with Gasteiger partial charge in [-0.25, -0.2) is 9.67 Å². The molecule has 0 atom stereocenters. The van der Waals surface area contributed by atoms with Gasteiger partial charge in [0.1, 0.15) is 0 Å². The lowest BCUT2D eigenvalue weighted by Gasteiger charge is -2.28. The molecule has 0 fully saturated rings. The summed E-state index contributed by atoms with van der Waals surface area (Å²) >= 11 is 0. The maximum Gasteiger partial charge on any atom is 0.258 e. The fourth-order valence-electron chi connectivity index (χ4n) is 4.05. The van der Waals surface area contributed by atoms with E-state index >= 15 is 0 Å². The lowest BCUT2D eigenvalue weighted by Crippen LogP contribution is -2.36. The summed E-state index contributed by atoms with van der Waals surface area (Å²) in [7, 11) is 0. The van der Waals surface area contributed by atoms with Crippen LogP contribution in [0, 0.1) is 6.92 Å². The first kappa shape index (κ1) is 20.1. The van der Waals surface area contributed by atoms with Crippen LogP contribution in [0.1, 0.15) is 46.3 Å². The molecular weight excluding hydrogens is 404 g/mol. The summed E-state index contributed by atoms with van der Waals surface area (Å²) in [5.41, 5.74) is 4.61. The van der Waals surface area contributed by atoms with Crippen LogP contribution in [0.3, 0.4) is 0 Å². The number of nitrogens with zero attached hydrogens (tertiary/aromatic N) is 6. The van der Waals surface area contributed by atoms with Crippen LogP contribution in [-0.2, 0) is 19.4 Å². The monoisotopic (exact) mass is 428 g/mol. The molecule has 32 heavy (non-hydrogen) atoms. The first-order valence-electron chi connectivity index (χ1n) is 10.8. The number of aromatic nitrogens is 5. The lowest BCUT2D eigenvalue weighted by atomic mass is 9.99. The minimum Gasteiger partial charge on any atom is -0.334 e. The van der Waals surface area contributed by atoms with Crippen molar-refractivity contribution in [3.8, 4) is 17.3 Å². The Morgan fingerprint density at radius 2 is 2.03 bits per heavy atom. The zero-order valence-electron chi connectivity index (χ0n) is 18.2. The maximum absolute atomic E-state index is 13.2. The Hall–Kier alpha value is -3.81. The molecule has 1 aliphatic heterocycles. The summed E-state index contributed by atoms with van der Waals surface area (Å²) in [6.45, 7) is 5.28. The standard InChI is InChI=1S/C24H24N6O2/c1-3-6-21-27-23(32-28-21)18-9-11-25-22(13-18)30-16(2)20(14-26-30)24(31)29-12-10-17-7-4-5-8-19(17)15-29/h4-5,7-9,11,13-14H,3,6,10,12,15H2,1-2H3. The van der Waals surface area contributed by atoms with Gasteiger partial charge in [-0.3, -0.25) is 4.79 Å². The zero-order chi connectivity index (χ0) is 22.1. The Morgan fingerprint density at radius 1 is 1.19 bits per heavy atom. The molecule has 1 aliphatic rings. The number of carbonyl (C=O) groups is 1. The van der Waals surface area contributed by atoms with Crippen molar-refractivity contribution in [1.29, 1.82) is 0 Å². The van der Waals surface area contributed by atoms with Crippen molar-refractivity contribution in [3.63, 3.8) is 0 Å². The second-order valence-corrected chi connectivity index (χ2v) is 7.97. The Morgan fingerprint density at radius 3 is 2.88 bits per heavy atom. The maximum atomic E-state index is 13.2. The second-order valence-electron chi connectivity index (χ2n) is 7.97. The number of pyridine rings is 1. The molecule has 4 aromatic rings. The highest BCUT2D eigenvalue weighted by Crippen LogP contribution is 2.24. The SMILES string of the molecule is CCCc1noc(-c2ccnc(-n3ncc(C(=O)N4CCc5ccccc5C4)c3C)c2)n1. The van der Waals surface area contributed by atoms with E-state index in [4.69, 9.17) is 4.52 Å². The molecule has 0 spiro atoms. The van der Waals surface area contributed by atoms with Crippen LogP contribution < -0.4 is 0 Å². The number of hydrogen-bond donors (Lipinski definition) is 0. The summed E-state index contributed by atoms with van der Waals surface area (Å²) in [6, 6.07) is 11.9. The molecule has 0 radical (unpaired) electrons. The molecule has 8 nitrogen and oxygen atoms in total. The Bertz CT molecular complexity index is 1270. The number of hydrogen-bond acceptors (Lipinski definition) is 6. The summed E-state index contributed by atoms with van der Waals surface area (Å²) in [5, 5.41) is 8.47. The molecule has 3 aromatic heterocycles. The molecule has 0 bridgehead atoms. The van der Waals surface area contributed by atoms with Gasteiger partial charge in [-0.2, -0.15) is 10.1 Å². The Kier molecular flexibility index (Phi) is 5.26. The van der Waals surface area contributed by atoms with Crippen LogP contribution in [0.2, 0.25) is 0 Å². The van der Waals surface area contributed by atoms with Crippen LogP contribution in [0.25, 0.3) is 17.3 Å². The molecule has 0 saturated carbocycles. The minimum absolute atomic E-state index is 0.0134. The van der Waals surface area contributed by atoms with Crippen molar-refractivity contribution in [3.05, 3.63) is 77.0 Å². The van der Waals surface area contributed by atoms with Crippen molar-refractivity contribution in [2.24, 2.45) is 0 Å². The molecule has 0 unspecified atom stereocenters. The van der Waals surface area contributed by atoms with Gasteiger partial charge in [0.15, 0.2) is 11.6 Å². The first-order valence-corrected chi connectivity index (χ1v) is 10.8. The first-order chi connectivity index (χ1) is 15.6. The van der Waals surface area contributed by atoms with Crippen LogP contribution >= 0.6 is 0 Å². The van der Waals surface area contributed by atoms with Crippen LogP contribution in [0.4, 0.5) is 0 Å². The van der Waals surface area contributed by atoms with Crippen molar-refractivity contribution >= 4 is 5.91 Å². The molecule has 5 rings (SSSR count). The lowest BCUT2D eigenvalue weighted by molar-refractivity contribution is 0.0734. The highest BCUT2D eigenvalue weighted by Gasteiger charge is 2.25. The molecule has 0 N–H and O–H groups in total. The predicted molar refractivity (Wildman–Crippen MR) is 118 cm³/mol. The minimum atomic E-state index is -0.0134. The summed E-state index contributed by atoms with van der Waals surface area (Å²) in [5.74, 6) is 1.72. The summed E-state index contributed by atoms with van der Waals surface area (Å²) < 4.78 is 7.08. The fourth-order valence-corrected chi connectivity index (χ4v) is 4.05. The summed E-state index contributed by atoms with van der Waals surface area (Å²) in [4.78, 5) is 24.0. The van der Waals surface area contributed by atoms with E-state index < -0.39 is 0 Å². The third-order valence-electron chi connectivity index (χ3n) is 5.81. The molecule has 8 heteroatoms. The average molecular weight is 428 g/mol.